The molecule has 0 spiro atoms. The number of furan rings is 1. The predicted molar refractivity (Wildman–Crippen MR) is 253 cm³/mol. The molecule has 0 saturated heterocycles. The van der Waals surface area contributed by atoms with E-state index in [2.05, 4.69) is 230 Å². The number of hydrogen-bond donors (Lipinski definition) is 0. The van der Waals surface area contributed by atoms with Gasteiger partial charge in [-0.1, -0.05) is 140 Å². The Balaban J connectivity index is 1.20. The van der Waals surface area contributed by atoms with Crippen LogP contribution in [0.1, 0.15) is 16.7 Å². The fraction of sp³-hybridized carbons (Fsp3) is 0.0526. The maximum atomic E-state index is 6.89. The first-order valence-corrected chi connectivity index (χ1v) is 20.7. The summed E-state index contributed by atoms with van der Waals surface area (Å²) in [5.74, 6) is 0. The molecular weight excluding hydrogens is 729 g/mol. The summed E-state index contributed by atoms with van der Waals surface area (Å²) in [6, 6.07) is 72.3. The number of nitrogens with zero attached hydrogens (tertiary/aromatic N) is 2. The van der Waals surface area contributed by atoms with Crippen LogP contribution in [0.2, 0.25) is 0 Å². The smallest absolute Gasteiger partial charge is 0.143 e. The van der Waals surface area contributed by atoms with Crippen molar-refractivity contribution in [2.45, 2.75) is 20.8 Å². The number of fused-ring (bicyclic) bond motifs is 6. The Labute approximate surface area is 350 Å². The van der Waals surface area contributed by atoms with E-state index in [-0.39, 0.29) is 0 Å². The molecule has 0 fully saturated rings. The molecule has 0 amide bonds. The van der Waals surface area contributed by atoms with Gasteiger partial charge in [0.15, 0.2) is 0 Å². The Hall–Kier alpha value is -7.62. The van der Waals surface area contributed by atoms with Crippen molar-refractivity contribution < 1.29 is 4.42 Å². The van der Waals surface area contributed by atoms with Gasteiger partial charge in [-0.05, 0) is 120 Å². The van der Waals surface area contributed by atoms with Gasteiger partial charge in [-0.15, -0.1) is 0 Å². The van der Waals surface area contributed by atoms with E-state index in [0.717, 1.165) is 55.8 Å². The molecule has 0 unspecified atom stereocenters. The molecule has 3 heteroatoms. The summed E-state index contributed by atoms with van der Waals surface area (Å²) in [6.45, 7) is 6.70. The molecule has 3 nitrogen and oxygen atoms in total. The zero-order valence-electron chi connectivity index (χ0n) is 33.9. The average molecular weight is 771 g/mol. The lowest BCUT2D eigenvalue weighted by Gasteiger charge is -2.29. The highest BCUT2D eigenvalue weighted by molar-refractivity contribution is 6.14. The molecule has 2 aromatic heterocycles. The van der Waals surface area contributed by atoms with Crippen molar-refractivity contribution in [3.63, 3.8) is 0 Å². The van der Waals surface area contributed by atoms with E-state index in [1.54, 1.807) is 0 Å². The normalized spacial score (nSPS) is 11.6. The number of benzene rings is 9. The SMILES string of the molecule is Cc1cc(N(c2cc(C)c(-c3ccccc3)c(C)c2)c2cc(-c3ccccc3-n3c4ccccc4c4ccccc43)c3oc4ccccc4c3c2)ccc1-c1ccccc1. The molecule has 0 aliphatic rings. The molecule has 0 atom stereocenters. The highest BCUT2D eigenvalue weighted by Crippen LogP contribution is 2.47. The highest BCUT2D eigenvalue weighted by Gasteiger charge is 2.24. The second kappa shape index (κ2) is 14.3. The van der Waals surface area contributed by atoms with Crippen LogP contribution in [0.5, 0.6) is 0 Å². The van der Waals surface area contributed by atoms with Crippen molar-refractivity contribution in [3.05, 3.63) is 217 Å². The third-order valence-corrected chi connectivity index (χ3v) is 12.1. The fourth-order valence-corrected chi connectivity index (χ4v) is 9.53. The number of aryl methyl sites for hydroxylation is 3. The van der Waals surface area contributed by atoms with Crippen molar-refractivity contribution in [3.8, 4) is 39.1 Å². The quantitative estimate of drug-likeness (QED) is 0.161. The predicted octanol–water partition coefficient (Wildman–Crippen LogP) is 16.1. The van der Waals surface area contributed by atoms with Crippen LogP contribution in [0.25, 0.3) is 82.8 Å². The number of aromatic nitrogens is 1. The first-order valence-electron chi connectivity index (χ1n) is 20.7. The molecule has 0 aliphatic heterocycles. The third kappa shape index (κ3) is 5.81. The number of anilines is 3. The van der Waals surface area contributed by atoms with Crippen LogP contribution in [-0.2, 0) is 0 Å². The largest absolute Gasteiger partial charge is 0.455 e. The molecule has 0 aliphatic carbocycles. The van der Waals surface area contributed by atoms with E-state index in [4.69, 9.17) is 4.42 Å². The lowest BCUT2D eigenvalue weighted by atomic mass is 9.94. The van der Waals surface area contributed by atoms with Crippen molar-refractivity contribution >= 4 is 60.8 Å². The monoisotopic (exact) mass is 770 g/mol. The van der Waals surface area contributed by atoms with Crippen LogP contribution < -0.4 is 4.90 Å². The minimum Gasteiger partial charge on any atom is -0.455 e. The van der Waals surface area contributed by atoms with Gasteiger partial charge in [-0.3, -0.25) is 0 Å². The van der Waals surface area contributed by atoms with Gasteiger partial charge in [0.2, 0.25) is 0 Å². The van der Waals surface area contributed by atoms with E-state index in [1.807, 2.05) is 0 Å². The number of hydrogen-bond acceptors (Lipinski definition) is 2. The molecule has 0 saturated carbocycles. The fourth-order valence-electron chi connectivity index (χ4n) is 9.53. The van der Waals surface area contributed by atoms with Gasteiger partial charge in [0.05, 0.1) is 16.7 Å². The first kappa shape index (κ1) is 35.5. The van der Waals surface area contributed by atoms with Gasteiger partial charge in [-0.25, -0.2) is 0 Å². The third-order valence-electron chi connectivity index (χ3n) is 12.1. The van der Waals surface area contributed by atoms with Gasteiger partial charge in [0.25, 0.3) is 0 Å². The summed E-state index contributed by atoms with van der Waals surface area (Å²) < 4.78 is 9.31. The maximum absolute atomic E-state index is 6.89. The molecular formula is C57H42N2O. The molecule has 0 N–H and O–H groups in total. The summed E-state index contributed by atoms with van der Waals surface area (Å²) >= 11 is 0. The summed E-state index contributed by atoms with van der Waals surface area (Å²) in [4.78, 5) is 2.43. The Bertz CT molecular complexity index is 3330. The standard InChI is InChI=1S/C57H42N2O/c1-37-32-42(30-31-45(37)40-18-6-4-7-19-40)58(43-33-38(2)56(39(3)34-43)41-20-8-5-9-21-41)44-35-50(57-51(36-44)49-25-13-17-29-55(49)60-57)48-24-12-16-28-54(48)59-52-26-14-10-22-46(52)47-23-11-15-27-53(47)59/h4-36H,1-3H3. The average Bonchev–Trinajstić information content (AvgIpc) is 3.83. The van der Waals surface area contributed by atoms with Crippen molar-refractivity contribution in [1.29, 1.82) is 0 Å². The topological polar surface area (TPSA) is 21.3 Å². The van der Waals surface area contributed by atoms with Crippen LogP contribution in [-0.4, -0.2) is 4.57 Å². The summed E-state index contributed by atoms with van der Waals surface area (Å²) in [5.41, 5.74) is 19.2. The Morgan fingerprint density at radius 2 is 0.933 bits per heavy atom. The maximum Gasteiger partial charge on any atom is 0.143 e. The minimum atomic E-state index is 0.869. The molecule has 11 aromatic rings. The van der Waals surface area contributed by atoms with Crippen LogP contribution in [0.3, 0.4) is 0 Å². The van der Waals surface area contributed by atoms with Crippen LogP contribution in [0, 0.1) is 20.8 Å². The molecule has 60 heavy (non-hydrogen) atoms. The van der Waals surface area contributed by atoms with Crippen molar-refractivity contribution in [2.24, 2.45) is 0 Å². The summed E-state index contributed by atoms with van der Waals surface area (Å²) in [5, 5.41) is 4.63. The zero-order valence-corrected chi connectivity index (χ0v) is 33.9. The number of rotatable bonds is 7. The van der Waals surface area contributed by atoms with Gasteiger partial charge in [-0.2, -0.15) is 0 Å². The second-order valence-electron chi connectivity index (χ2n) is 15.9. The lowest BCUT2D eigenvalue weighted by Crippen LogP contribution is -2.11. The Kier molecular flexibility index (Phi) is 8.49. The molecule has 0 radical (unpaired) electrons. The molecule has 0 bridgehead atoms. The van der Waals surface area contributed by atoms with Crippen molar-refractivity contribution in [2.75, 3.05) is 4.90 Å². The van der Waals surface area contributed by atoms with E-state index in [1.165, 1.54) is 60.8 Å². The molecule has 2 heterocycles. The van der Waals surface area contributed by atoms with Crippen molar-refractivity contribution in [1.82, 2.24) is 4.57 Å². The van der Waals surface area contributed by atoms with E-state index in [9.17, 15) is 0 Å². The summed E-state index contributed by atoms with van der Waals surface area (Å²) in [6.07, 6.45) is 0. The second-order valence-corrected chi connectivity index (χ2v) is 15.9. The first-order chi connectivity index (χ1) is 29.5. The molecule has 11 rings (SSSR count). The van der Waals surface area contributed by atoms with E-state index < -0.39 is 0 Å². The lowest BCUT2D eigenvalue weighted by molar-refractivity contribution is 0.670. The van der Waals surface area contributed by atoms with Crippen LogP contribution in [0.15, 0.2) is 205 Å². The van der Waals surface area contributed by atoms with Crippen LogP contribution >= 0.6 is 0 Å². The van der Waals surface area contributed by atoms with E-state index in [0.29, 0.717) is 0 Å². The molecule has 286 valence electrons. The van der Waals surface area contributed by atoms with Gasteiger partial charge in [0.1, 0.15) is 11.2 Å². The summed E-state index contributed by atoms with van der Waals surface area (Å²) in [7, 11) is 0. The van der Waals surface area contributed by atoms with Gasteiger partial charge < -0.3 is 13.9 Å². The van der Waals surface area contributed by atoms with E-state index >= 15 is 0 Å². The Morgan fingerprint density at radius 1 is 0.383 bits per heavy atom. The number of para-hydroxylation sites is 4. The van der Waals surface area contributed by atoms with Crippen LogP contribution in [0.4, 0.5) is 17.1 Å². The highest BCUT2D eigenvalue weighted by atomic mass is 16.3. The molecule has 9 aromatic carbocycles. The minimum absolute atomic E-state index is 0.869. The Morgan fingerprint density at radius 3 is 1.62 bits per heavy atom. The van der Waals surface area contributed by atoms with Gasteiger partial charge in [0, 0.05) is 49.7 Å². The van der Waals surface area contributed by atoms with Gasteiger partial charge >= 0.3 is 0 Å². The zero-order chi connectivity index (χ0) is 40.3.